The number of aromatic nitrogens is 2. The number of carbonyl (C=O) groups excluding carboxylic acids is 2. The largest absolute Gasteiger partial charge is 0.323 e. The topological polar surface area (TPSA) is 75.5 Å². The molecule has 1 aromatic carbocycles. The van der Waals surface area contributed by atoms with Crippen LogP contribution in [0.25, 0.3) is 15.3 Å². The lowest BCUT2D eigenvalue weighted by atomic mass is 9.88. The van der Waals surface area contributed by atoms with Crippen LogP contribution in [0.5, 0.6) is 0 Å². The van der Waals surface area contributed by atoms with Gasteiger partial charge in [0.15, 0.2) is 4.96 Å². The Bertz CT molecular complexity index is 1250. The van der Waals surface area contributed by atoms with Gasteiger partial charge in [-0.15, -0.1) is 22.7 Å². The van der Waals surface area contributed by atoms with Gasteiger partial charge in [0.2, 0.25) is 5.91 Å². The van der Waals surface area contributed by atoms with Crippen molar-refractivity contribution in [1.29, 1.82) is 0 Å². The summed E-state index contributed by atoms with van der Waals surface area (Å²) in [5.41, 5.74) is 1.40. The summed E-state index contributed by atoms with van der Waals surface area (Å²) in [6.45, 7) is 0. The maximum Gasteiger partial charge on any atom is 0.265 e. The predicted octanol–water partition coefficient (Wildman–Crippen LogP) is 5.52. The van der Waals surface area contributed by atoms with E-state index in [1.165, 1.54) is 29.5 Å². The Balaban J connectivity index is 1.32. The standard InChI is InChI=1S/C21H19FN4O2S2/c22-14-7-6-13(10-15(14)24-18(27)12-4-2-1-3-5-12)23-19(28)17-11-16-20(30-17)25-21-26(16)8-9-29-21/h6-12H,1-5H2,(H,23,28)(H,24,27). The van der Waals surface area contributed by atoms with Gasteiger partial charge in [0.1, 0.15) is 10.6 Å². The molecule has 9 heteroatoms. The number of benzene rings is 1. The van der Waals surface area contributed by atoms with Gasteiger partial charge in [-0.25, -0.2) is 9.37 Å². The number of hydrogen-bond donors (Lipinski definition) is 2. The van der Waals surface area contributed by atoms with Crippen LogP contribution in [0.15, 0.2) is 35.8 Å². The molecule has 2 amide bonds. The van der Waals surface area contributed by atoms with Crippen molar-refractivity contribution in [2.45, 2.75) is 32.1 Å². The third-order valence-electron chi connectivity index (χ3n) is 5.42. The van der Waals surface area contributed by atoms with Crippen molar-refractivity contribution < 1.29 is 14.0 Å². The highest BCUT2D eigenvalue weighted by atomic mass is 32.1. The molecule has 0 radical (unpaired) electrons. The van der Waals surface area contributed by atoms with Crippen molar-refractivity contribution in [3.8, 4) is 0 Å². The quantitative estimate of drug-likeness (QED) is 0.437. The van der Waals surface area contributed by atoms with Gasteiger partial charge in [0.25, 0.3) is 5.91 Å². The smallest absolute Gasteiger partial charge is 0.265 e. The first-order valence-electron chi connectivity index (χ1n) is 9.85. The molecule has 0 atom stereocenters. The number of nitrogens with zero attached hydrogens (tertiary/aromatic N) is 2. The van der Waals surface area contributed by atoms with Gasteiger partial charge in [-0.2, -0.15) is 0 Å². The Morgan fingerprint density at radius 1 is 1.13 bits per heavy atom. The van der Waals surface area contributed by atoms with E-state index in [0.717, 1.165) is 47.4 Å². The fourth-order valence-corrected chi connectivity index (χ4v) is 5.55. The molecule has 3 aromatic heterocycles. The lowest BCUT2D eigenvalue weighted by Crippen LogP contribution is -2.25. The number of rotatable bonds is 4. The SMILES string of the molecule is O=C(Nc1ccc(F)c(NC(=O)C2CCCCC2)c1)c1cc2c(nc3sccn32)s1. The van der Waals surface area contributed by atoms with Crippen LogP contribution < -0.4 is 10.6 Å². The second-order valence-electron chi connectivity index (χ2n) is 7.44. The zero-order chi connectivity index (χ0) is 20.7. The molecular formula is C21H19FN4O2S2. The second kappa shape index (κ2) is 7.81. The van der Waals surface area contributed by atoms with E-state index >= 15 is 0 Å². The molecule has 154 valence electrons. The lowest BCUT2D eigenvalue weighted by molar-refractivity contribution is -0.120. The Morgan fingerprint density at radius 3 is 2.80 bits per heavy atom. The molecule has 0 saturated heterocycles. The Labute approximate surface area is 179 Å². The van der Waals surface area contributed by atoms with Crippen molar-refractivity contribution in [1.82, 2.24) is 9.38 Å². The zero-order valence-corrected chi connectivity index (χ0v) is 17.6. The Kier molecular flexibility index (Phi) is 5.00. The monoisotopic (exact) mass is 442 g/mol. The van der Waals surface area contributed by atoms with Crippen LogP contribution in [0.2, 0.25) is 0 Å². The fraction of sp³-hybridized carbons (Fsp3) is 0.286. The molecule has 0 bridgehead atoms. The summed E-state index contributed by atoms with van der Waals surface area (Å²) in [4.78, 5) is 31.9. The molecule has 2 N–H and O–H groups in total. The van der Waals surface area contributed by atoms with E-state index in [9.17, 15) is 14.0 Å². The number of hydrogen-bond acceptors (Lipinski definition) is 5. The first-order valence-corrected chi connectivity index (χ1v) is 11.5. The molecule has 1 saturated carbocycles. The maximum atomic E-state index is 14.2. The van der Waals surface area contributed by atoms with E-state index in [0.29, 0.717) is 10.6 Å². The summed E-state index contributed by atoms with van der Waals surface area (Å²) in [6, 6.07) is 6.01. The van der Waals surface area contributed by atoms with Crippen molar-refractivity contribution in [2.24, 2.45) is 5.92 Å². The minimum Gasteiger partial charge on any atom is -0.323 e. The number of thiophene rings is 1. The van der Waals surface area contributed by atoms with Gasteiger partial charge in [-0.05, 0) is 37.1 Å². The average molecular weight is 443 g/mol. The number of carbonyl (C=O) groups is 2. The maximum absolute atomic E-state index is 14.2. The number of halogens is 1. The van der Waals surface area contributed by atoms with Crippen molar-refractivity contribution >= 4 is 61.2 Å². The average Bonchev–Trinajstić information content (AvgIpc) is 3.43. The van der Waals surface area contributed by atoms with Crippen molar-refractivity contribution in [2.75, 3.05) is 10.6 Å². The highest BCUT2D eigenvalue weighted by Crippen LogP contribution is 2.30. The normalized spacial score (nSPS) is 15.0. The van der Waals surface area contributed by atoms with Crippen molar-refractivity contribution in [3.05, 3.63) is 46.5 Å². The van der Waals surface area contributed by atoms with Crippen LogP contribution in [0, 0.1) is 11.7 Å². The zero-order valence-electron chi connectivity index (χ0n) is 16.0. The molecule has 1 fully saturated rings. The van der Waals surface area contributed by atoms with Gasteiger partial charge in [0.05, 0.1) is 16.1 Å². The summed E-state index contributed by atoms with van der Waals surface area (Å²) in [5.74, 6) is -1.05. The van der Waals surface area contributed by atoms with E-state index in [4.69, 9.17) is 0 Å². The number of amides is 2. The lowest BCUT2D eigenvalue weighted by Gasteiger charge is -2.21. The summed E-state index contributed by atoms with van der Waals surface area (Å²) < 4.78 is 16.2. The van der Waals surface area contributed by atoms with Gasteiger partial charge >= 0.3 is 0 Å². The Hall–Kier alpha value is -2.78. The molecule has 6 nitrogen and oxygen atoms in total. The summed E-state index contributed by atoms with van der Waals surface area (Å²) in [6.07, 6.45) is 6.79. The number of fused-ring (bicyclic) bond motifs is 3. The molecule has 0 spiro atoms. The van der Waals surface area contributed by atoms with Gasteiger partial charge < -0.3 is 10.6 Å². The van der Waals surface area contributed by atoms with Crippen LogP contribution in [0.4, 0.5) is 15.8 Å². The predicted molar refractivity (Wildman–Crippen MR) is 118 cm³/mol. The number of thiazole rings is 1. The summed E-state index contributed by atoms with van der Waals surface area (Å²) in [7, 11) is 0. The molecule has 0 aliphatic heterocycles. The van der Waals surface area contributed by atoms with Crippen LogP contribution in [0.1, 0.15) is 41.8 Å². The van der Waals surface area contributed by atoms with E-state index in [2.05, 4.69) is 15.6 Å². The van der Waals surface area contributed by atoms with Crippen LogP contribution in [0.3, 0.4) is 0 Å². The second-order valence-corrected chi connectivity index (χ2v) is 9.35. The van der Waals surface area contributed by atoms with E-state index in [1.54, 1.807) is 17.4 Å². The molecular weight excluding hydrogens is 423 g/mol. The molecule has 30 heavy (non-hydrogen) atoms. The first-order chi connectivity index (χ1) is 14.6. The van der Waals surface area contributed by atoms with Gasteiger partial charge in [-0.1, -0.05) is 19.3 Å². The first kappa shape index (κ1) is 19.2. The van der Waals surface area contributed by atoms with E-state index < -0.39 is 5.82 Å². The third-order valence-corrected chi connectivity index (χ3v) is 7.20. The highest BCUT2D eigenvalue weighted by molar-refractivity contribution is 7.21. The van der Waals surface area contributed by atoms with Crippen LogP contribution >= 0.6 is 22.7 Å². The number of imidazole rings is 1. The molecule has 3 heterocycles. The molecule has 5 rings (SSSR count). The van der Waals surface area contributed by atoms with Crippen LogP contribution in [-0.4, -0.2) is 21.2 Å². The molecule has 1 aliphatic carbocycles. The van der Waals surface area contributed by atoms with Crippen molar-refractivity contribution in [3.63, 3.8) is 0 Å². The number of anilines is 2. The van der Waals surface area contributed by atoms with Gasteiger partial charge in [-0.3, -0.25) is 14.0 Å². The highest BCUT2D eigenvalue weighted by Gasteiger charge is 2.22. The third kappa shape index (κ3) is 3.59. The number of nitrogens with one attached hydrogen (secondary N) is 2. The van der Waals surface area contributed by atoms with Gasteiger partial charge in [0, 0.05) is 23.2 Å². The Morgan fingerprint density at radius 2 is 1.97 bits per heavy atom. The molecule has 0 unspecified atom stereocenters. The minimum atomic E-state index is -0.521. The molecule has 1 aliphatic rings. The summed E-state index contributed by atoms with van der Waals surface area (Å²) >= 11 is 2.85. The van der Waals surface area contributed by atoms with E-state index in [1.807, 2.05) is 16.0 Å². The van der Waals surface area contributed by atoms with Crippen LogP contribution in [-0.2, 0) is 4.79 Å². The van der Waals surface area contributed by atoms with E-state index in [-0.39, 0.29) is 23.4 Å². The minimum absolute atomic E-state index is 0.0758. The fourth-order valence-electron chi connectivity index (χ4n) is 3.85. The molecule has 4 aromatic rings. The summed E-state index contributed by atoms with van der Waals surface area (Å²) in [5, 5.41) is 7.43.